The van der Waals surface area contributed by atoms with E-state index in [1.807, 2.05) is 51.9 Å². The molecule has 0 saturated carbocycles. The number of ether oxygens (including phenoxy) is 2. The van der Waals surface area contributed by atoms with Gasteiger partial charge in [-0.3, -0.25) is 4.79 Å². The Morgan fingerprint density at radius 3 is 2.72 bits per heavy atom. The summed E-state index contributed by atoms with van der Waals surface area (Å²) < 4.78 is 18.6. The van der Waals surface area contributed by atoms with Gasteiger partial charge >= 0.3 is 0 Å². The highest BCUT2D eigenvalue weighted by molar-refractivity contribution is 5.97. The zero-order chi connectivity index (χ0) is 17.1. The summed E-state index contributed by atoms with van der Waals surface area (Å²) in [6.07, 6.45) is 1.64. The van der Waals surface area contributed by atoms with Crippen LogP contribution in [0.25, 0.3) is 11.1 Å². The second-order valence-electron chi connectivity index (χ2n) is 5.92. The number of hydrogen-bond donors (Lipinski definition) is 0. The molecule has 6 heteroatoms. The van der Waals surface area contributed by atoms with Gasteiger partial charge in [-0.25, -0.2) is 0 Å². The van der Waals surface area contributed by atoms with Crippen LogP contribution >= 0.6 is 0 Å². The van der Waals surface area contributed by atoms with Gasteiger partial charge in [-0.2, -0.15) is 0 Å². The number of para-hydroxylation sites is 1. The molecule has 0 unspecified atom stereocenters. The number of amides is 1. The SMILES string of the molecule is O=C(c1cc2occc2n1CCOc1ccccc1)N1CCOCC1. The van der Waals surface area contributed by atoms with Crippen molar-refractivity contribution < 1.29 is 18.7 Å². The number of carbonyl (C=O) groups is 1. The van der Waals surface area contributed by atoms with Crippen molar-refractivity contribution in [3.05, 3.63) is 54.4 Å². The highest BCUT2D eigenvalue weighted by Gasteiger charge is 2.24. The quantitative estimate of drug-likeness (QED) is 0.717. The average Bonchev–Trinajstić information content (AvgIpc) is 3.25. The van der Waals surface area contributed by atoms with Gasteiger partial charge < -0.3 is 23.4 Å². The molecule has 0 N–H and O–H groups in total. The standard InChI is InChI=1S/C19H20N2O4/c22-19(20-7-11-23-12-8-20)17-14-18-16(6-10-25-18)21(17)9-13-24-15-4-2-1-3-5-15/h1-6,10,14H,7-9,11-13H2. The minimum atomic E-state index is 0.00871. The van der Waals surface area contributed by atoms with E-state index in [-0.39, 0.29) is 5.91 Å². The summed E-state index contributed by atoms with van der Waals surface area (Å²) in [5.74, 6) is 0.827. The third-order valence-corrected chi connectivity index (χ3v) is 4.37. The van der Waals surface area contributed by atoms with Crippen molar-refractivity contribution in [2.75, 3.05) is 32.9 Å². The monoisotopic (exact) mass is 340 g/mol. The third-order valence-electron chi connectivity index (χ3n) is 4.37. The molecule has 0 aliphatic carbocycles. The van der Waals surface area contributed by atoms with Crippen LogP contribution in [-0.2, 0) is 11.3 Å². The van der Waals surface area contributed by atoms with Crippen molar-refractivity contribution in [2.45, 2.75) is 6.54 Å². The van der Waals surface area contributed by atoms with Gasteiger partial charge in [0.25, 0.3) is 5.91 Å². The predicted molar refractivity (Wildman–Crippen MR) is 92.9 cm³/mol. The molecule has 3 aromatic rings. The van der Waals surface area contributed by atoms with Crippen LogP contribution in [0.2, 0.25) is 0 Å². The minimum absolute atomic E-state index is 0.00871. The first kappa shape index (κ1) is 15.8. The Labute approximate surface area is 145 Å². The lowest BCUT2D eigenvalue weighted by Crippen LogP contribution is -2.41. The first-order valence-corrected chi connectivity index (χ1v) is 8.44. The van der Waals surface area contributed by atoms with Gasteiger partial charge in [0.2, 0.25) is 0 Å². The fourth-order valence-electron chi connectivity index (χ4n) is 3.10. The molecular formula is C19H20N2O4. The maximum Gasteiger partial charge on any atom is 0.270 e. The molecule has 0 spiro atoms. The first-order chi connectivity index (χ1) is 12.3. The molecular weight excluding hydrogens is 320 g/mol. The van der Waals surface area contributed by atoms with Crippen LogP contribution in [0.1, 0.15) is 10.5 Å². The van der Waals surface area contributed by atoms with Gasteiger partial charge in [0.05, 0.1) is 31.5 Å². The molecule has 6 nitrogen and oxygen atoms in total. The number of nitrogens with zero attached hydrogens (tertiary/aromatic N) is 2. The van der Waals surface area contributed by atoms with Gasteiger partial charge in [-0.05, 0) is 12.1 Å². The van der Waals surface area contributed by atoms with Crippen molar-refractivity contribution >= 4 is 17.0 Å². The summed E-state index contributed by atoms with van der Waals surface area (Å²) in [5.41, 5.74) is 2.26. The average molecular weight is 340 g/mol. The lowest BCUT2D eigenvalue weighted by Gasteiger charge is -2.27. The molecule has 0 atom stereocenters. The summed E-state index contributed by atoms with van der Waals surface area (Å²) in [7, 11) is 0. The van der Waals surface area contributed by atoms with Crippen LogP contribution in [0.3, 0.4) is 0 Å². The van der Waals surface area contributed by atoms with Gasteiger partial charge in [0, 0.05) is 25.2 Å². The topological polar surface area (TPSA) is 56.8 Å². The van der Waals surface area contributed by atoms with E-state index < -0.39 is 0 Å². The molecule has 1 aliphatic heterocycles. The van der Waals surface area contributed by atoms with Crippen LogP contribution in [-0.4, -0.2) is 48.3 Å². The molecule has 25 heavy (non-hydrogen) atoms. The van der Waals surface area contributed by atoms with Gasteiger partial charge in [-0.1, -0.05) is 18.2 Å². The summed E-state index contributed by atoms with van der Waals surface area (Å²) in [4.78, 5) is 14.7. The Morgan fingerprint density at radius 1 is 1.12 bits per heavy atom. The van der Waals surface area contributed by atoms with Crippen molar-refractivity contribution in [3.8, 4) is 5.75 Å². The Kier molecular flexibility index (Phi) is 4.43. The van der Waals surface area contributed by atoms with E-state index in [1.54, 1.807) is 6.26 Å². The smallest absolute Gasteiger partial charge is 0.270 e. The Morgan fingerprint density at radius 2 is 1.92 bits per heavy atom. The second kappa shape index (κ2) is 7.03. The van der Waals surface area contributed by atoms with E-state index in [0.29, 0.717) is 45.1 Å². The summed E-state index contributed by atoms with van der Waals surface area (Å²) in [5, 5.41) is 0. The summed E-state index contributed by atoms with van der Waals surface area (Å²) >= 11 is 0. The zero-order valence-corrected chi connectivity index (χ0v) is 13.9. The molecule has 4 rings (SSSR count). The lowest BCUT2D eigenvalue weighted by molar-refractivity contribution is 0.0295. The van der Waals surface area contributed by atoms with E-state index in [2.05, 4.69) is 0 Å². The number of morpholine rings is 1. The van der Waals surface area contributed by atoms with Gasteiger partial charge in [0.1, 0.15) is 18.1 Å². The van der Waals surface area contributed by atoms with Crippen LogP contribution in [0.5, 0.6) is 5.75 Å². The molecule has 1 aliphatic rings. The fraction of sp³-hybridized carbons (Fsp3) is 0.316. The highest BCUT2D eigenvalue weighted by Crippen LogP contribution is 2.23. The van der Waals surface area contributed by atoms with Crippen molar-refractivity contribution in [3.63, 3.8) is 0 Å². The molecule has 3 heterocycles. The maximum atomic E-state index is 12.9. The van der Waals surface area contributed by atoms with Crippen LogP contribution in [0.15, 0.2) is 53.1 Å². The molecule has 0 bridgehead atoms. The Hall–Kier alpha value is -2.73. The molecule has 1 saturated heterocycles. The molecule has 1 fully saturated rings. The fourth-order valence-corrected chi connectivity index (χ4v) is 3.10. The second-order valence-corrected chi connectivity index (χ2v) is 5.92. The Bertz CT molecular complexity index is 847. The maximum absolute atomic E-state index is 12.9. The van der Waals surface area contributed by atoms with Crippen molar-refractivity contribution in [1.82, 2.24) is 9.47 Å². The number of hydrogen-bond acceptors (Lipinski definition) is 4. The van der Waals surface area contributed by atoms with Crippen molar-refractivity contribution in [2.24, 2.45) is 0 Å². The molecule has 130 valence electrons. The van der Waals surface area contributed by atoms with Crippen LogP contribution in [0.4, 0.5) is 0 Å². The molecule has 0 radical (unpaired) electrons. The number of furan rings is 1. The first-order valence-electron chi connectivity index (χ1n) is 8.44. The Balaban J connectivity index is 1.54. The number of carbonyl (C=O) groups excluding carboxylic acids is 1. The van der Waals surface area contributed by atoms with E-state index in [4.69, 9.17) is 13.9 Å². The number of fused-ring (bicyclic) bond motifs is 1. The minimum Gasteiger partial charge on any atom is -0.492 e. The van der Waals surface area contributed by atoms with E-state index in [1.165, 1.54) is 0 Å². The van der Waals surface area contributed by atoms with E-state index >= 15 is 0 Å². The zero-order valence-electron chi connectivity index (χ0n) is 13.9. The largest absolute Gasteiger partial charge is 0.492 e. The van der Waals surface area contributed by atoms with Crippen LogP contribution in [0, 0.1) is 0 Å². The predicted octanol–water partition coefficient (Wildman–Crippen LogP) is 2.79. The third kappa shape index (κ3) is 3.25. The van der Waals surface area contributed by atoms with Crippen molar-refractivity contribution in [1.29, 1.82) is 0 Å². The van der Waals surface area contributed by atoms with E-state index in [9.17, 15) is 4.79 Å². The molecule has 1 amide bonds. The highest BCUT2D eigenvalue weighted by atomic mass is 16.5. The summed E-state index contributed by atoms with van der Waals surface area (Å²) in [6, 6.07) is 13.4. The van der Waals surface area contributed by atoms with Gasteiger partial charge in [-0.15, -0.1) is 0 Å². The molecule has 2 aromatic heterocycles. The van der Waals surface area contributed by atoms with E-state index in [0.717, 1.165) is 16.8 Å². The number of aromatic nitrogens is 1. The summed E-state index contributed by atoms with van der Waals surface area (Å²) in [6.45, 7) is 3.45. The lowest BCUT2D eigenvalue weighted by atomic mass is 10.3. The van der Waals surface area contributed by atoms with Crippen LogP contribution < -0.4 is 4.74 Å². The number of rotatable bonds is 5. The van der Waals surface area contributed by atoms with Gasteiger partial charge in [0.15, 0.2) is 5.58 Å². The normalized spacial score (nSPS) is 14.8. The molecule has 1 aromatic carbocycles. The number of benzene rings is 1.